The zero-order valence-electron chi connectivity index (χ0n) is 8.37. The Morgan fingerprint density at radius 3 is 2.79 bits per heavy atom. The van der Waals surface area contributed by atoms with Crippen molar-refractivity contribution < 1.29 is 4.52 Å². The quantitative estimate of drug-likeness (QED) is 0.726. The maximum atomic E-state index is 5.85. The smallest absolute Gasteiger partial charge is 0.226 e. The van der Waals surface area contributed by atoms with Gasteiger partial charge in [0.05, 0.1) is 5.38 Å². The molecule has 0 radical (unpaired) electrons. The van der Waals surface area contributed by atoms with Crippen molar-refractivity contribution in [2.24, 2.45) is 5.92 Å². The maximum absolute atomic E-state index is 5.85. The number of hydrogen-bond acceptors (Lipinski definition) is 3. The first-order valence-electron chi connectivity index (χ1n) is 5.22. The van der Waals surface area contributed by atoms with E-state index in [0.29, 0.717) is 5.82 Å². The molecule has 1 heterocycles. The van der Waals surface area contributed by atoms with Gasteiger partial charge >= 0.3 is 0 Å². The van der Waals surface area contributed by atoms with E-state index in [-0.39, 0.29) is 5.38 Å². The standard InChI is InChI=1S/C10H15ClN2O/c1-7(11)10-12-9(14-13-10)6-8-4-2-3-5-8/h7-8H,2-6H2,1H3. The van der Waals surface area contributed by atoms with Crippen LogP contribution in [0, 0.1) is 5.92 Å². The number of rotatable bonds is 3. The zero-order chi connectivity index (χ0) is 9.97. The summed E-state index contributed by atoms with van der Waals surface area (Å²) in [7, 11) is 0. The fourth-order valence-corrected chi connectivity index (χ4v) is 2.06. The van der Waals surface area contributed by atoms with E-state index in [1.54, 1.807) is 0 Å². The van der Waals surface area contributed by atoms with E-state index >= 15 is 0 Å². The summed E-state index contributed by atoms with van der Waals surface area (Å²) in [5, 5.41) is 3.68. The Balaban J connectivity index is 1.95. The predicted octanol–water partition coefficient (Wildman–Crippen LogP) is 3.10. The molecule has 1 atom stereocenters. The van der Waals surface area contributed by atoms with Gasteiger partial charge in [0.2, 0.25) is 5.89 Å². The van der Waals surface area contributed by atoms with Gasteiger partial charge in [-0.2, -0.15) is 4.98 Å². The third-order valence-electron chi connectivity index (χ3n) is 2.78. The second-order valence-corrected chi connectivity index (χ2v) is 4.67. The molecule has 0 bridgehead atoms. The van der Waals surface area contributed by atoms with Crippen LogP contribution in [-0.4, -0.2) is 10.1 Å². The molecule has 1 aliphatic rings. The molecule has 4 heteroatoms. The molecule has 0 spiro atoms. The van der Waals surface area contributed by atoms with Gasteiger partial charge in [0.25, 0.3) is 0 Å². The minimum Gasteiger partial charge on any atom is -0.339 e. The lowest BCUT2D eigenvalue weighted by atomic mass is 10.0. The molecule has 1 fully saturated rings. The fourth-order valence-electron chi connectivity index (χ4n) is 1.97. The first-order valence-corrected chi connectivity index (χ1v) is 5.66. The largest absolute Gasteiger partial charge is 0.339 e. The van der Waals surface area contributed by atoms with E-state index in [1.165, 1.54) is 25.7 Å². The predicted molar refractivity (Wildman–Crippen MR) is 54.2 cm³/mol. The Labute approximate surface area is 88.8 Å². The lowest BCUT2D eigenvalue weighted by molar-refractivity contribution is 0.349. The monoisotopic (exact) mass is 214 g/mol. The van der Waals surface area contributed by atoms with Crippen LogP contribution in [0.3, 0.4) is 0 Å². The van der Waals surface area contributed by atoms with Crippen LogP contribution in [0.15, 0.2) is 4.52 Å². The van der Waals surface area contributed by atoms with Crippen molar-refractivity contribution in [3.63, 3.8) is 0 Å². The molecule has 0 saturated heterocycles. The van der Waals surface area contributed by atoms with E-state index in [1.807, 2.05) is 6.92 Å². The molecule has 2 rings (SSSR count). The highest BCUT2D eigenvalue weighted by Gasteiger charge is 2.19. The lowest BCUT2D eigenvalue weighted by Crippen LogP contribution is -1.99. The maximum Gasteiger partial charge on any atom is 0.226 e. The van der Waals surface area contributed by atoms with Gasteiger partial charge in [-0.3, -0.25) is 0 Å². The van der Waals surface area contributed by atoms with Gasteiger partial charge < -0.3 is 4.52 Å². The highest BCUT2D eigenvalue weighted by Crippen LogP contribution is 2.28. The van der Waals surface area contributed by atoms with Crippen LogP contribution >= 0.6 is 11.6 Å². The van der Waals surface area contributed by atoms with E-state index < -0.39 is 0 Å². The number of nitrogens with zero attached hydrogens (tertiary/aromatic N) is 2. The molecule has 1 aromatic heterocycles. The van der Waals surface area contributed by atoms with Crippen molar-refractivity contribution in [2.75, 3.05) is 0 Å². The third-order valence-corrected chi connectivity index (χ3v) is 2.97. The highest BCUT2D eigenvalue weighted by atomic mass is 35.5. The van der Waals surface area contributed by atoms with Crippen molar-refractivity contribution in [2.45, 2.75) is 44.4 Å². The van der Waals surface area contributed by atoms with E-state index in [0.717, 1.165) is 18.2 Å². The van der Waals surface area contributed by atoms with Crippen LogP contribution in [0.4, 0.5) is 0 Å². The summed E-state index contributed by atoms with van der Waals surface area (Å²) in [4.78, 5) is 4.26. The van der Waals surface area contributed by atoms with Crippen molar-refractivity contribution in [1.29, 1.82) is 0 Å². The average molecular weight is 215 g/mol. The van der Waals surface area contributed by atoms with Gasteiger partial charge in [0, 0.05) is 6.42 Å². The Bertz CT molecular complexity index is 292. The van der Waals surface area contributed by atoms with E-state index in [9.17, 15) is 0 Å². The fraction of sp³-hybridized carbons (Fsp3) is 0.800. The van der Waals surface area contributed by atoms with Crippen molar-refractivity contribution in [3.05, 3.63) is 11.7 Å². The minimum absolute atomic E-state index is 0.156. The zero-order valence-corrected chi connectivity index (χ0v) is 9.13. The van der Waals surface area contributed by atoms with Crippen LogP contribution in [-0.2, 0) is 6.42 Å². The molecule has 78 valence electrons. The average Bonchev–Trinajstić information content (AvgIpc) is 2.75. The van der Waals surface area contributed by atoms with E-state index in [4.69, 9.17) is 16.1 Å². The van der Waals surface area contributed by atoms with Crippen molar-refractivity contribution in [1.82, 2.24) is 10.1 Å². The summed E-state index contributed by atoms with van der Waals surface area (Å²) in [5.41, 5.74) is 0. The first kappa shape index (κ1) is 9.97. The van der Waals surface area contributed by atoms with Gasteiger partial charge in [-0.1, -0.05) is 18.0 Å². The molecule has 0 amide bonds. The van der Waals surface area contributed by atoms with Gasteiger partial charge in [-0.25, -0.2) is 0 Å². The summed E-state index contributed by atoms with van der Waals surface area (Å²) >= 11 is 5.85. The molecule has 1 saturated carbocycles. The summed E-state index contributed by atoms with van der Waals surface area (Å²) < 4.78 is 5.14. The molecule has 1 aliphatic carbocycles. The molecule has 0 aromatic carbocycles. The number of hydrogen-bond donors (Lipinski definition) is 0. The molecule has 0 N–H and O–H groups in total. The van der Waals surface area contributed by atoms with Gasteiger partial charge in [-0.05, 0) is 25.7 Å². The molecule has 3 nitrogen and oxygen atoms in total. The minimum atomic E-state index is -0.156. The van der Waals surface area contributed by atoms with E-state index in [2.05, 4.69) is 10.1 Å². The van der Waals surface area contributed by atoms with Gasteiger partial charge in [0.1, 0.15) is 0 Å². The number of aromatic nitrogens is 2. The van der Waals surface area contributed by atoms with Crippen LogP contribution in [0.2, 0.25) is 0 Å². The SMILES string of the molecule is CC(Cl)c1noc(CC2CCCC2)n1. The normalized spacial score (nSPS) is 20.1. The first-order chi connectivity index (χ1) is 6.75. The summed E-state index contributed by atoms with van der Waals surface area (Å²) in [6.45, 7) is 1.85. The Morgan fingerprint density at radius 2 is 2.21 bits per heavy atom. The highest BCUT2D eigenvalue weighted by molar-refractivity contribution is 6.20. The summed E-state index contributed by atoms with van der Waals surface area (Å²) in [6.07, 6.45) is 6.22. The second-order valence-electron chi connectivity index (χ2n) is 4.02. The molecular formula is C10H15ClN2O. The third kappa shape index (κ3) is 2.27. The molecule has 1 aromatic rings. The lowest BCUT2D eigenvalue weighted by Gasteiger charge is -2.02. The van der Waals surface area contributed by atoms with Crippen molar-refractivity contribution in [3.8, 4) is 0 Å². The second kappa shape index (κ2) is 4.30. The van der Waals surface area contributed by atoms with Crippen LogP contribution < -0.4 is 0 Å². The summed E-state index contributed by atoms with van der Waals surface area (Å²) in [6, 6.07) is 0. The molecule has 14 heavy (non-hydrogen) atoms. The number of alkyl halides is 1. The van der Waals surface area contributed by atoms with Gasteiger partial charge in [-0.15, -0.1) is 11.6 Å². The number of halogens is 1. The van der Waals surface area contributed by atoms with Crippen LogP contribution in [0.5, 0.6) is 0 Å². The molecular weight excluding hydrogens is 200 g/mol. The summed E-state index contributed by atoms with van der Waals surface area (Å²) in [5.74, 6) is 2.10. The van der Waals surface area contributed by atoms with Crippen LogP contribution in [0.25, 0.3) is 0 Å². The Hall–Kier alpha value is -0.570. The van der Waals surface area contributed by atoms with Crippen LogP contribution in [0.1, 0.15) is 49.7 Å². The Kier molecular flexibility index (Phi) is 3.06. The van der Waals surface area contributed by atoms with Gasteiger partial charge in [0.15, 0.2) is 5.82 Å². The Morgan fingerprint density at radius 1 is 1.50 bits per heavy atom. The topological polar surface area (TPSA) is 38.9 Å². The molecule has 0 aliphatic heterocycles. The molecule has 1 unspecified atom stereocenters. The van der Waals surface area contributed by atoms with Crippen molar-refractivity contribution >= 4 is 11.6 Å².